The second-order valence-corrected chi connectivity index (χ2v) is 5.53. The second-order valence-electron chi connectivity index (χ2n) is 5.53. The minimum absolute atomic E-state index is 0.144. The average molecular weight is 291 g/mol. The van der Waals surface area contributed by atoms with E-state index in [1.807, 2.05) is 18.2 Å². The number of carboxylic acids is 1. The Morgan fingerprint density at radius 2 is 1.90 bits per heavy atom. The predicted octanol–water partition coefficient (Wildman–Crippen LogP) is 2.17. The Kier molecular flexibility index (Phi) is 4.83. The monoisotopic (exact) mass is 291 g/mol. The number of ether oxygens (including phenoxy) is 1. The summed E-state index contributed by atoms with van der Waals surface area (Å²) in [7, 11) is 0. The van der Waals surface area contributed by atoms with Crippen LogP contribution in [-0.2, 0) is 9.59 Å². The van der Waals surface area contributed by atoms with E-state index >= 15 is 0 Å². The molecule has 0 spiro atoms. The lowest BCUT2D eigenvalue weighted by Gasteiger charge is -2.27. The highest BCUT2D eigenvalue weighted by Gasteiger charge is 2.36. The van der Waals surface area contributed by atoms with Crippen molar-refractivity contribution < 1.29 is 19.4 Å². The first-order chi connectivity index (χ1) is 9.99. The summed E-state index contributed by atoms with van der Waals surface area (Å²) in [5.41, 5.74) is 0. The number of hydrogen-bond donors (Lipinski definition) is 1. The van der Waals surface area contributed by atoms with Crippen molar-refractivity contribution in [1.29, 1.82) is 0 Å². The molecular weight excluding hydrogens is 270 g/mol. The van der Waals surface area contributed by atoms with Gasteiger partial charge in [-0.1, -0.05) is 25.1 Å². The van der Waals surface area contributed by atoms with E-state index in [9.17, 15) is 9.59 Å². The molecule has 1 fully saturated rings. The van der Waals surface area contributed by atoms with Crippen LogP contribution >= 0.6 is 0 Å². The molecule has 0 aliphatic heterocycles. The number of benzene rings is 1. The SMILES string of the molecule is CC(CN(C(=O)C(C)Oc1ccccc1)C1CC1)C(=O)O. The van der Waals surface area contributed by atoms with E-state index in [0.717, 1.165) is 12.8 Å². The molecule has 1 saturated carbocycles. The number of rotatable bonds is 7. The second kappa shape index (κ2) is 6.61. The Labute approximate surface area is 124 Å². The van der Waals surface area contributed by atoms with Gasteiger partial charge in [-0.2, -0.15) is 0 Å². The van der Waals surface area contributed by atoms with Gasteiger partial charge in [0.25, 0.3) is 5.91 Å². The van der Waals surface area contributed by atoms with Crippen molar-refractivity contribution in [3.8, 4) is 5.75 Å². The third-order valence-corrected chi connectivity index (χ3v) is 3.57. The molecule has 2 unspecified atom stereocenters. The summed E-state index contributed by atoms with van der Waals surface area (Å²) in [6.45, 7) is 3.56. The zero-order chi connectivity index (χ0) is 15.4. The van der Waals surface area contributed by atoms with Gasteiger partial charge in [-0.05, 0) is 31.9 Å². The minimum atomic E-state index is -0.884. The van der Waals surface area contributed by atoms with Crippen LogP contribution in [0.2, 0.25) is 0 Å². The molecule has 114 valence electrons. The van der Waals surface area contributed by atoms with Crippen LogP contribution in [0, 0.1) is 5.92 Å². The summed E-state index contributed by atoms with van der Waals surface area (Å²) < 4.78 is 5.64. The van der Waals surface area contributed by atoms with E-state index < -0.39 is 18.0 Å². The van der Waals surface area contributed by atoms with Crippen LogP contribution in [0.25, 0.3) is 0 Å². The number of carboxylic acid groups (broad SMARTS) is 1. The lowest BCUT2D eigenvalue weighted by Crippen LogP contribution is -2.45. The van der Waals surface area contributed by atoms with E-state index in [1.54, 1.807) is 30.9 Å². The van der Waals surface area contributed by atoms with Crippen LogP contribution in [0.4, 0.5) is 0 Å². The fourth-order valence-electron chi connectivity index (χ4n) is 2.17. The standard InChI is InChI=1S/C16H21NO4/c1-11(16(19)20)10-17(13-8-9-13)15(18)12(2)21-14-6-4-3-5-7-14/h3-7,11-13H,8-10H2,1-2H3,(H,19,20). The maximum absolute atomic E-state index is 12.5. The number of nitrogens with zero attached hydrogens (tertiary/aromatic N) is 1. The summed E-state index contributed by atoms with van der Waals surface area (Å²) in [6.07, 6.45) is 1.26. The molecule has 0 aromatic heterocycles. The van der Waals surface area contributed by atoms with Gasteiger partial charge < -0.3 is 14.7 Å². The van der Waals surface area contributed by atoms with Gasteiger partial charge in [0, 0.05) is 12.6 Å². The van der Waals surface area contributed by atoms with Crippen molar-refractivity contribution in [2.75, 3.05) is 6.54 Å². The Bertz CT molecular complexity index is 498. The molecular formula is C16H21NO4. The maximum Gasteiger partial charge on any atom is 0.308 e. The Morgan fingerprint density at radius 1 is 1.29 bits per heavy atom. The van der Waals surface area contributed by atoms with Crippen molar-refractivity contribution >= 4 is 11.9 Å². The highest BCUT2D eigenvalue weighted by Crippen LogP contribution is 2.28. The van der Waals surface area contributed by atoms with Crippen molar-refractivity contribution in [3.63, 3.8) is 0 Å². The zero-order valence-corrected chi connectivity index (χ0v) is 12.4. The lowest BCUT2D eigenvalue weighted by molar-refractivity contribution is -0.145. The summed E-state index contributed by atoms with van der Waals surface area (Å²) in [5.74, 6) is -0.960. The van der Waals surface area contributed by atoms with Crippen LogP contribution in [0.5, 0.6) is 5.75 Å². The van der Waals surface area contributed by atoms with Gasteiger partial charge in [0.05, 0.1) is 5.92 Å². The van der Waals surface area contributed by atoms with Crippen molar-refractivity contribution in [2.45, 2.75) is 38.8 Å². The summed E-state index contributed by atoms with van der Waals surface area (Å²) in [5, 5.41) is 9.02. The van der Waals surface area contributed by atoms with E-state index in [2.05, 4.69) is 0 Å². The van der Waals surface area contributed by atoms with Gasteiger partial charge in [-0.25, -0.2) is 0 Å². The number of aliphatic carboxylic acids is 1. The van der Waals surface area contributed by atoms with Gasteiger partial charge in [0.15, 0.2) is 6.10 Å². The Hall–Kier alpha value is -2.04. The Balaban J connectivity index is 1.99. The third kappa shape index (κ3) is 4.21. The van der Waals surface area contributed by atoms with Crippen LogP contribution in [0.1, 0.15) is 26.7 Å². The summed E-state index contributed by atoms with van der Waals surface area (Å²) in [6, 6.07) is 9.33. The van der Waals surface area contributed by atoms with Crippen LogP contribution in [0.3, 0.4) is 0 Å². The highest BCUT2D eigenvalue weighted by molar-refractivity contribution is 5.82. The van der Waals surface area contributed by atoms with E-state index in [1.165, 1.54) is 0 Å². The first-order valence-electron chi connectivity index (χ1n) is 7.24. The van der Waals surface area contributed by atoms with Crippen LogP contribution in [0.15, 0.2) is 30.3 Å². The van der Waals surface area contributed by atoms with Crippen LogP contribution in [-0.4, -0.2) is 40.6 Å². The first kappa shape index (κ1) is 15.4. The van der Waals surface area contributed by atoms with Crippen molar-refractivity contribution in [1.82, 2.24) is 4.90 Å². The van der Waals surface area contributed by atoms with Crippen LogP contribution < -0.4 is 4.74 Å². The molecule has 1 aliphatic carbocycles. The smallest absolute Gasteiger partial charge is 0.308 e. The molecule has 1 aliphatic rings. The third-order valence-electron chi connectivity index (χ3n) is 3.57. The Morgan fingerprint density at radius 3 is 2.43 bits per heavy atom. The number of amides is 1. The molecule has 2 rings (SSSR count). The van der Waals surface area contributed by atoms with Gasteiger partial charge in [0.1, 0.15) is 5.75 Å². The van der Waals surface area contributed by atoms with Gasteiger partial charge >= 0.3 is 5.97 Å². The zero-order valence-electron chi connectivity index (χ0n) is 12.4. The minimum Gasteiger partial charge on any atom is -0.481 e. The highest BCUT2D eigenvalue weighted by atomic mass is 16.5. The molecule has 0 saturated heterocycles. The fourth-order valence-corrected chi connectivity index (χ4v) is 2.17. The molecule has 5 heteroatoms. The fraction of sp³-hybridized carbons (Fsp3) is 0.500. The van der Waals surface area contributed by atoms with E-state index in [0.29, 0.717) is 5.75 Å². The number of hydrogen-bond acceptors (Lipinski definition) is 3. The molecule has 0 radical (unpaired) electrons. The number of para-hydroxylation sites is 1. The maximum atomic E-state index is 12.5. The molecule has 1 aromatic carbocycles. The van der Waals surface area contributed by atoms with Gasteiger partial charge in [-0.3, -0.25) is 9.59 Å². The van der Waals surface area contributed by atoms with E-state index in [-0.39, 0.29) is 18.5 Å². The first-order valence-corrected chi connectivity index (χ1v) is 7.24. The summed E-state index contributed by atoms with van der Waals surface area (Å²) >= 11 is 0. The molecule has 1 N–H and O–H groups in total. The van der Waals surface area contributed by atoms with E-state index in [4.69, 9.17) is 9.84 Å². The molecule has 0 bridgehead atoms. The van der Waals surface area contributed by atoms with Gasteiger partial charge in [0.2, 0.25) is 0 Å². The topological polar surface area (TPSA) is 66.8 Å². The largest absolute Gasteiger partial charge is 0.481 e. The molecule has 1 amide bonds. The molecule has 21 heavy (non-hydrogen) atoms. The number of carbonyl (C=O) groups excluding carboxylic acids is 1. The quantitative estimate of drug-likeness (QED) is 0.836. The molecule has 1 aromatic rings. The van der Waals surface area contributed by atoms with Gasteiger partial charge in [-0.15, -0.1) is 0 Å². The molecule has 2 atom stereocenters. The predicted molar refractivity (Wildman–Crippen MR) is 78.1 cm³/mol. The normalized spacial score (nSPS) is 16.9. The summed E-state index contributed by atoms with van der Waals surface area (Å²) in [4.78, 5) is 25.1. The molecule has 0 heterocycles. The average Bonchev–Trinajstić information content (AvgIpc) is 3.29. The lowest BCUT2D eigenvalue weighted by atomic mass is 10.1. The molecule has 5 nitrogen and oxygen atoms in total. The van der Waals surface area contributed by atoms with Crippen molar-refractivity contribution in [2.24, 2.45) is 5.92 Å². The van der Waals surface area contributed by atoms with Crippen molar-refractivity contribution in [3.05, 3.63) is 30.3 Å². The number of carbonyl (C=O) groups is 2.